The molecule has 0 radical (unpaired) electrons. The van der Waals surface area contributed by atoms with Gasteiger partial charge in [-0.3, -0.25) is 0 Å². The summed E-state index contributed by atoms with van der Waals surface area (Å²) in [6, 6.07) is 15.5. The van der Waals surface area contributed by atoms with Crippen LogP contribution in [0.25, 0.3) is 0 Å². The number of pyridine rings is 1. The molecule has 2 aromatic heterocycles. The maximum atomic E-state index is 14.0. The van der Waals surface area contributed by atoms with Crippen molar-refractivity contribution >= 4 is 46.2 Å². The molecule has 1 aliphatic rings. The summed E-state index contributed by atoms with van der Waals surface area (Å²) >= 11 is 14.2. The highest BCUT2D eigenvalue weighted by atomic mass is 35.5. The summed E-state index contributed by atoms with van der Waals surface area (Å²) < 4.78 is 31.6. The van der Waals surface area contributed by atoms with Crippen molar-refractivity contribution in [1.29, 1.82) is 0 Å². The zero-order valence-electron chi connectivity index (χ0n) is 21.7. The number of hydrogen-bond acceptors (Lipinski definition) is 6. The van der Waals surface area contributed by atoms with Crippen LogP contribution in [0.2, 0.25) is 10.0 Å². The Morgan fingerprint density at radius 3 is 2.60 bits per heavy atom. The molecule has 1 aliphatic carbocycles. The van der Waals surface area contributed by atoms with Crippen LogP contribution in [0, 0.1) is 11.7 Å². The molecule has 40 heavy (non-hydrogen) atoms. The average molecular weight is 603 g/mol. The second-order valence-electron chi connectivity index (χ2n) is 9.49. The van der Waals surface area contributed by atoms with Gasteiger partial charge in [0.2, 0.25) is 0 Å². The summed E-state index contributed by atoms with van der Waals surface area (Å²) in [7, 11) is 1.59. The van der Waals surface area contributed by atoms with E-state index in [0.29, 0.717) is 56.7 Å². The normalized spacial score (nSPS) is 13.5. The van der Waals surface area contributed by atoms with E-state index in [1.807, 2.05) is 18.2 Å². The lowest BCUT2D eigenvalue weighted by Gasteiger charge is -2.20. The number of thiophene rings is 1. The molecular formula is C30H28Cl2FN2O4S+. The van der Waals surface area contributed by atoms with Gasteiger partial charge in [0.1, 0.15) is 26.8 Å². The number of methoxy groups -OCH3 is 1. The number of anilines is 1. The predicted molar refractivity (Wildman–Crippen MR) is 154 cm³/mol. The number of ether oxygens (including phenoxy) is 3. The van der Waals surface area contributed by atoms with Gasteiger partial charge >= 0.3 is 5.97 Å². The molecule has 6 nitrogen and oxygen atoms in total. The quantitative estimate of drug-likeness (QED) is 0.170. The summed E-state index contributed by atoms with van der Waals surface area (Å²) in [5.41, 5.74) is 1.77. The van der Waals surface area contributed by atoms with Crippen molar-refractivity contribution in [2.45, 2.75) is 31.9 Å². The summed E-state index contributed by atoms with van der Waals surface area (Å²) in [5, 5.41) is 3.93. The minimum absolute atomic E-state index is 0.250. The lowest BCUT2D eigenvalue weighted by Crippen LogP contribution is -2.15. The smallest absolute Gasteiger partial charge is 0.348 e. The van der Waals surface area contributed by atoms with E-state index >= 15 is 0 Å². The highest BCUT2D eigenvalue weighted by molar-refractivity contribution is 7.13. The average Bonchev–Trinajstić information content (AvgIpc) is 3.67. The Balaban J connectivity index is 1.36. The summed E-state index contributed by atoms with van der Waals surface area (Å²) in [6.07, 6.45) is 5.12. The molecule has 0 aliphatic heterocycles. The van der Waals surface area contributed by atoms with Crippen LogP contribution in [0.15, 0.2) is 67.0 Å². The molecule has 1 atom stereocenters. The van der Waals surface area contributed by atoms with E-state index in [1.165, 1.54) is 17.4 Å². The van der Waals surface area contributed by atoms with E-state index in [4.69, 9.17) is 37.4 Å². The van der Waals surface area contributed by atoms with Crippen molar-refractivity contribution in [3.05, 3.63) is 104 Å². The highest BCUT2D eigenvalue weighted by Gasteiger charge is 2.26. The Hall–Kier alpha value is -3.33. The topological polar surface area (TPSA) is 70.9 Å². The van der Waals surface area contributed by atoms with Gasteiger partial charge in [-0.1, -0.05) is 41.4 Å². The van der Waals surface area contributed by atoms with Crippen molar-refractivity contribution in [2.24, 2.45) is 5.92 Å². The first-order valence-electron chi connectivity index (χ1n) is 12.8. The van der Waals surface area contributed by atoms with Crippen LogP contribution in [0.3, 0.4) is 0 Å². The summed E-state index contributed by atoms with van der Waals surface area (Å²) in [4.78, 5) is 17.5. The molecule has 0 amide bonds. The Morgan fingerprint density at radius 1 is 1.10 bits per heavy atom. The molecule has 0 bridgehead atoms. The standard InChI is InChI=1S/C30H27Cl2FN2O4S/c1-37-26-10-8-19(12-28(26)38-17-18-6-7-18)27(13-21-22(31)15-34-16-23(21)32)39-30(36)29-11-9-20(40-29)14-35-25-5-3-2-4-24(25)33/h2-5,8-12,15-16,18,27,35H,6-7,13-14,17H2,1H3/p+1/t27-/m0/s1. The number of rotatable bonds is 12. The number of para-hydroxylation sites is 1. The van der Waals surface area contributed by atoms with Gasteiger partial charge in [0, 0.05) is 23.4 Å². The molecule has 2 aromatic carbocycles. The van der Waals surface area contributed by atoms with E-state index in [2.05, 4.69) is 10.3 Å². The Kier molecular flexibility index (Phi) is 9.09. The van der Waals surface area contributed by atoms with Gasteiger partial charge in [0.15, 0.2) is 23.9 Å². The molecule has 1 fully saturated rings. The molecule has 208 valence electrons. The van der Waals surface area contributed by atoms with Crippen molar-refractivity contribution < 1.29 is 28.4 Å². The van der Waals surface area contributed by atoms with Crippen molar-refractivity contribution in [1.82, 2.24) is 0 Å². The van der Waals surface area contributed by atoms with Crippen molar-refractivity contribution in [2.75, 3.05) is 19.0 Å². The maximum Gasteiger partial charge on any atom is 0.348 e. The fourth-order valence-electron chi connectivity index (χ4n) is 4.14. The van der Waals surface area contributed by atoms with Gasteiger partial charge in [-0.15, -0.1) is 11.3 Å². The van der Waals surface area contributed by atoms with Crippen molar-refractivity contribution in [3.63, 3.8) is 0 Å². The second kappa shape index (κ2) is 12.9. The van der Waals surface area contributed by atoms with Gasteiger partial charge in [-0.2, -0.15) is 0 Å². The molecule has 10 heteroatoms. The third kappa shape index (κ3) is 7.05. The molecule has 2 N–H and O–H groups in total. The first kappa shape index (κ1) is 28.2. The van der Waals surface area contributed by atoms with Crippen LogP contribution >= 0.6 is 34.5 Å². The van der Waals surface area contributed by atoms with E-state index < -0.39 is 12.1 Å². The monoisotopic (exact) mass is 601 g/mol. The number of aromatic nitrogens is 1. The summed E-state index contributed by atoms with van der Waals surface area (Å²) in [5.74, 6) is 0.922. The molecule has 0 unspecified atom stereocenters. The minimum atomic E-state index is -0.707. The number of esters is 1. The van der Waals surface area contributed by atoms with Gasteiger partial charge < -0.3 is 19.5 Å². The SMILES string of the molecule is COc1ccc([C@H](Cc2c(Cl)c[nH+]cc2Cl)OC(=O)c2ccc(CNc3ccccc3F)s2)cc1OCC1CC1. The largest absolute Gasteiger partial charge is 0.493 e. The third-order valence-electron chi connectivity index (χ3n) is 6.56. The lowest BCUT2D eigenvalue weighted by atomic mass is 10.0. The van der Waals surface area contributed by atoms with E-state index in [1.54, 1.807) is 49.8 Å². The number of halogens is 3. The number of H-pyrrole nitrogens is 1. The number of aromatic amines is 1. The number of carbonyl (C=O) groups is 1. The molecular weight excluding hydrogens is 574 g/mol. The second-order valence-corrected chi connectivity index (χ2v) is 11.5. The number of carbonyl (C=O) groups excluding carboxylic acids is 1. The molecule has 1 saturated carbocycles. The van der Waals surface area contributed by atoms with Gasteiger partial charge in [0.25, 0.3) is 0 Å². The number of hydrogen-bond donors (Lipinski definition) is 1. The zero-order valence-corrected chi connectivity index (χ0v) is 24.0. The van der Waals surface area contributed by atoms with Crippen LogP contribution < -0.4 is 19.8 Å². The molecule has 5 rings (SSSR count). The Morgan fingerprint density at radius 2 is 1.88 bits per heavy atom. The molecule has 2 heterocycles. The Labute approximate surface area is 246 Å². The first-order chi connectivity index (χ1) is 19.4. The van der Waals surface area contributed by atoms with Crippen LogP contribution in [0.4, 0.5) is 10.1 Å². The molecule has 0 spiro atoms. The van der Waals surface area contributed by atoms with Gasteiger partial charge in [-0.05, 0) is 60.7 Å². The van der Waals surface area contributed by atoms with E-state index in [9.17, 15) is 9.18 Å². The van der Waals surface area contributed by atoms with Crippen LogP contribution in [0.1, 0.15) is 44.6 Å². The number of nitrogens with one attached hydrogen (secondary N) is 2. The summed E-state index contributed by atoms with van der Waals surface area (Å²) in [6.45, 7) is 0.976. The zero-order chi connectivity index (χ0) is 28.1. The number of benzene rings is 2. The lowest BCUT2D eigenvalue weighted by molar-refractivity contribution is -0.377. The van der Waals surface area contributed by atoms with Gasteiger partial charge in [0.05, 0.1) is 19.4 Å². The predicted octanol–water partition coefficient (Wildman–Crippen LogP) is 7.56. The third-order valence-corrected chi connectivity index (χ3v) is 8.30. The van der Waals surface area contributed by atoms with Crippen LogP contribution in [-0.4, -0.2) is 19.7 Å². The van der Waals surface area contributed by atoms with Crippen LogP contribution in [-0.2, 0) is 17.7 Å². The van der Waals surface area contributed by atoms with Crippen LogP contribution in [0.5, 0.6) is 11.5 Å². The first-order valence-corrected chi connectivity index (χ1v) is 14.4. The fraction of sp³-hybridized carbons (Fsp3) is 0.267. The van der Waals surface area contributed by atoms with E-state index in [0.717, 1.165) is 23.3 Å². The van der Waals surface area contributed by atoms with E-state index in [-0.39, 0.29) is 12.2 Å². The molecule has 4 aromatic rings. The van der Waals surface area contributed by atoms with Gasteiger partial charge in [-0.25, -0.2) is 14.2 Å². The maximum absolute atomic E-state index is 14.0. The van der Waals surface area contributed by atoms with Crippen molar-refractivity contribution in [3.8, 4) is 11.5 Å². The fourth-order valence-corrected chi connectivity index (χ4v) is 5.50. The minimum Gasteiger partial charge on any atom is -0.493 e. The Bertz CT molecular complexity index is 1470. The highest BCUT2D eigenvalue weighted by Crippen LogP contribution is 2.37. The molecule has 0 saturated heterocycles.